The largest absolute Gasteiger partial charge is 0.491 e. The van der Waals surface area contributed by atoms with E-state index in [2.05, 4.69) is 5.32 Å². The lowest BCUT2D eigenvalue weighted by Crippen LogP contribution is -2.28. The molecule has 25 heavy (non-hydrogen) atoms. The maximum atomic E-state index is 12.3. The van der Waals surface area contributed by atoms with Crippen molar-refractivity contribution in [2.45, 2.75) is 26.1 Å². The van der Waals surface area contributed by atoms with E-state index >= 15 is 0 Å². The number of rotatable bonds is 7. The van der Waals surface area contributed by atoms with Gasteiger partial charge in [-0.25, -0.2) is 0 Å². The molecule has 2 aromatic carbocycles. The Morgan fingerprint density at radius 2 is 1.88 bits per heavy atom. The minimum Gasteiger partial charge on any atom is -0.491 e. The Morgan fingerprint density at radius 1 is 1.16 bits per heavy atom. The zero-order chi connectivity index (χ0) is 18.4. The predicted molar refractivity (Wildman–Crippen MR) is 100 cm³/mol. The van der Waals surface area contributed by atoms with Gasteiger partial charge < -0.3 is 20.1 Å². The number of anilines is 1. The molecule has 0 unspecified atom stereocenters. The summed E-state index contributed by atoms with van der Waals surface area (Å²) in [6.45, 7) is 4.03. The summed E-state index contributed by atoms with van der Waals surface area (Å²) in [7, 11) is 3.85. The number of carbonyl (C=O) groups excluding carboxylic acids is 1. The summed E-state index contributed by atoms with van der Waals surface area (Å²) in [6, 6.07) is 14.6. The first-order valence-electron chi connectivity index (χ1n) is 8.37. The molecule has 0 aliphatic rings. The lowest BCUT2D eigenvalue weighted by molar-refractivity contribution is 0.0916. The topological polar surface area (TPSA) is 61.8 Å². The van der Waals surface area contributed by atoms with Gasteiger partial charge in [0.25, 0.3) is 5.91 Å². The van der Waals surface area contributed by atoms with Crippen LogP contribution >= 0.6 is 0 Å². The molecule has 134 valence electrons. The first-order chi connectivity index (χ1) is 11.9. The van der Waals surface area contributed by atoms with Crippen LogP contribution in [-0.2, 0) is 0 Å². The average Bonchev–Trinajstić information content (AvgIpc) is 2.59. The molecule has 0 saturated heterocycles. The van der Waals surface area contributed by atoms with E-state index in [1.54, 1.807) is 12.1 Å². The number of nitrogens with zero attached hydrogens (tertiary/aromatic N) is 1. The predicted octanol–water partition coefficient (Wildman–Crippen LogP) is 3.00. The summed E-state index contributed by atoms with van der Waals surface area (Å²) in [5.74, 6) is 0.494. The number of aliphatic hydroxyl groups is 1. The van der Waals surface area contributed by atoms with Crippen LogP contribution in [0.3, 0.4) is 0 Å². The van der Waals surface area contributed by atoms with E-state index in [0.29, 0.717) is 16.9 Å². The molecule has 0 heterocycles. The second-order valence-electron chi connectivity index (χ2n) is 6.41. The van der Waals surface area contributed by atoms with E-state index in [1.165, 1.54) is 0 Å². The number of ether oxygens (including phenoxy) is 1. The minimum atomic E-state index is -0.795. The van der Waals surface area contributed by atoms with Crippen molar-refractivity contribution in [1.29, 1.82) is 0 Å². The maximum Gasteiger partial charge on any atom is 0.251 e. The number of aliphatic hydroxyl groups excluding tert-OH is 1. The van der Waals surface area contributed by atoms with Gasteiger partial charge in [-0.2, -0.15) is 0 Å². The SMILES string of the molecule is CC(C)Oc1cccc([C@@H](O)CNC(=O)c2cccc(N(C)C)c2)c1. The fraction of sp³-hybridized carbons (Fsp3) is 0.350. The van der Waals surface area contributed by atoms with E-state index in [-0.39, 0.29) is 18.6 Å². The first kappa shape index (κ1) is 18.8. The summed E-state index contributed by atoms with van der Waals surface area (Å²) < 4.78 is 5.63. The highest BCUT2D eigenvalue weighted by atomic mass is 16.5. The van der Waals surface area contributed by atoms with Crippen LogP contribution in [0.4, 0.5) is 5.69 Å². The highest BCUT2D eigenvalue weighted by Gasteiger charge is 2.12. The standard InChI is InChI=1S/C20H26N2O3/c1-14(2)25-18-10-6-7-15(12-18)19(23)13-21-20(24)16-8-5-9-17(11-16)22(3)4/h5-12,14,19,23H,13H2,1-4H3,(H,21,24)/t19-/m0/s1. The quantitative estimate of drug-likeness (QED) is 0.812. The molecule has 2 rings (SSSR count). The van der Waals surface area contributed by atoms with Crippen LogP contribution in [0.5, 0.6) is 5.75 Å². The summed E-state index contributed by atoms with van der Waals surface area (Å²) in [5.41, 5.74) is 2.22. The van der Waals surface area contributed by atoms with E-state index in [1.807, 2.05) is 69.2 Å². The molecule has 0 saturated carbocycles. The fourth-order valence-electron chi connectivity index (χ4n) is 2.40. The van der Waals surface area contributed by atoms with Crippen molar-refractivity contribution in [3.63, 3.8) is 0 Å². The van der Waals surface area contributed by atoms with Gasteiger partial charge in [0.15, 0.2) is 0 Å². The fourth-order valence-corrected chi connectivity index (χ4v) is 2.40. The third-order valence-corrected chi connectivity index (χ3v) is 3.70. The van der Waals surface area contributed by atoms with Crippen molar-refractivity contribution in [1.82, 2.24) is 5.32 Å². The normalized spacial score (nSPS) is 11.9. The van der Waals surface area contributed by atoms with Gasteiger partial charge in [0, 0.05) is 31.9 Å². The number of amides is 1. The van der Waals surface area contributed by atoms with Gasteiger partial charge in [-0.3, -0.25) is 4.79 Å². The minimum absolute atomic E-state index is 0.0658. The Balaban J connectivity index is 1.98. The van der Waals surface area contributed by atoms with Crippen molar-refractivity contribution in [3.05, 3.63) is 59.7 Å². The van der Waals surface area contributed by atoms with Crippen LogP contribution in [-0.4, -0.2) is 37.8 Å². The van der Waals surface area contributed by atoms with Crippen molar-refractivity contribution in [2.75, 3.05) is 25.5 Å². The van der Waals surface area contributed by atoms with Gasteiger partial charge in [0.2, 0.25) is 0 Å². The van der Waals surface area contributed by atoms with E-state index in [4.69, 9.17) is 4.74 Å². The number of hydrogen-bond acceptors (Lipinski definition) is 4. The molecule has 5 heteroatoms. The second kappa shape index (κ2) is 8.53. The van der Waals surface area contributed by atoms with Gasteiger partial charge in [0.1, 0.15) is 5.75 Å². The van der Waals surface area contributed by atoms with E-state index in [0.717, 1.165) is 5.69 Å². The van der Waals surface area contributed by atoms with Crippen molar-refractivity contribution >= 4 is 11.6 Å². The zero-order valence-corrected chi connectivity index (χ0v) is 15.2. The first-order valence-corrected chi connectivity index (χ1v) is 8.37. The Hall–Kier alpha value is -2.53. The van der Waals surface area contributed by atoms with Crippen LogP contribution in [0.25, 0.3) is 0 Å². The Labute approximate surface area is 149 Å². The second-order valence-corrected chi connectivity index (χ2v) is 6.41. The lowest BCUT2D eigenvalue weighted by atomic mass is 10.1. The van der Waals surface area contributed by atoms with Crippen LogP contribution in [0.1, 0.15) is 35.9 Å². The van der Waals surface area contributed by atoms with E-state index in [9.17, 15) is 9.90 Å². The van der Waals surface area contributed by atoms with Crippen molar-refractivity contribution in [2.24, 2.45) is 0 Å². The number of carbonyl (C=O) groups is 1. The molecule has 1 atom stereocenters. The van der Waals surface area contributed by atoms with Gasteiger partial charge >= 0.3 is 0 Å². The smallest absolute Gasteiger partial charge is 0.251 e. The number of nitrogens with one attached hydrogen (secondary N) is 1. The molecule has 0 fully saturated rings. The molecule has 0 bridgehead atoms. The van der Waals surface area contributed by atoms with E-state index < -0.39 is 6.10 Å². The highest BCUT2D eigenvalue weighted by Crippen LogP contribution is 2.20. The molecule has 5 nitrogen and oxygen atoms in total. The maximum absolute atomic E-state index is 12.3. The third kappa shape index (κ3) is 5.50. The molecule has 0 aromatic heterocycles. The Morgan fingerprint density at radius 3 is 2.56 bits per heavy atom. The summed E-state index contributed by atoms with van der Waals surface area (Å²) in [5, 5.41) is 13.1. The van der Waals surface area contributed by atoms with Gasteiger partial charge in [0.05, 0.1) is 12.2 Å². The van der Waals surface area contributed by atoms with Crippen LogP contribution in [0.2, 0.25) is 0 Å². The lowest BCUT2D eigenvalue weighted by Gasteiger charge is -2.16. The molecule has 1 amide bonds. The summed E-state index contributed by atoms with van der Waals surface area (Å²) in [6.07, 6.45) is -0.729. The molecule has 0 radical (unpaired) electrons. The molecule has 2 aromatic rings. The highest BCUT2D eigenvalue weighted by molar-refractivity contribution is 5.95. The Kier molecular flexibility index (Phi) is 6.42. The van der Waals surface area contributed by atoms with Gasteiger partial charge in [-0.05, 0) is 49.7 Å². The van der Waals surface area contributed by atoms with Crippen LogP contribution < -0.4 is 15.0 Å². The van der Waals surface area contributed by atoms with Crippen molar-refractivity contribution < 1.29 is 14.6 Å². The molecular formula is C20H26N2O3. The van der Waals surface area contributed by atoms with Crippen LogP contribution in [0, 0.1) is 0 Å². The molecule has 0 spiro atoms. The summed E-state index contributed by atoms with van der Waals surface area (Å²) in [4.78, 5) is 14.2. The molecular weight excluding hydrogens is 316 g/mol. The average molecular weight is 342 g/mol. The van der Waals surface area contributed by atoms with Crippen LogP contribution in [0.15, 0.2) is 48.5 Å². The monoisotopic (exact) mass is 342 g/mol. The number of benzene rings is 2. The molecule has 0 aliphatic heterocycles. The molecule has 2 N–H and O–H groups in total. The van der Waals surface area contributed by atoms with Gasteiger partial charge in [-0.1, -0.05) is 18.2 Å². The van der Waals surface area contributed by atoms with Crippen molar-refractivity contribution in [3.8, 4) is 5.75 Å². The zero-order valence-electron chi connectivity index (χ0n) is 15.2. The molecule has 0 aliphatic carbocycles. The summed E-state index contributed by atoms with van der Waals surface area (Å²) >= 11 is 0. The third-order valence-electron chi connectivity index (χ3n) is 3.70. The van der Waals surface area contributed by atoms with Gasteiger partial charge in [-0.15, -0.1) is 0 Å². The number of hydrogen-bond donors (Lipinski definition) is 2. The Bertz CT molecular complexity index is 714.